The lowest BCUT2D eigenvalue weighted by Gasteiger charge is -2.12. The molecule has 0 aliphatic carbocycles. The Labute approximate surface area is 145 Å². The molecule has 0 saturated carbocycles. The SMILES string of the molecule is COc1cc(CNCc2ccco2)ccc1OCc1csc(C)n1. The lowest BCUT2D eigenvalue weighted by atomic mass is 10.2. The molecule has 0 spiro atoms. The summed E-state index contributed by atoms with van der Waals surface area (Å²) in [6.07, 6.45) is 1.68. The van der Waals surface area contributed by atoms with E-state index in [9.17, 15) is 0 Å². The first-order chi connectivity index (χ1) is 11.7. The van der Waals surface area contributed by atoms with Crippen molar-refractivity contribution in [1.29, 1.82) is 0 Å². The first-order valence-electron chi connectivity index (χ1n) is 7.68. The van der Waals surface area contributed by atoms with Crippen molar-refractivity contribution in [3.8, 4) is 11.5 Å². The largest absolute Gasteiger partial charge is 0.493 e. The molecule has 2 aromatic heterocycles. The van der Waals surface area contributed by atoms with Crippen LogP contribution in [0, 0.1) is 6.92 Å². The number of aryl methyl sites for hydroxylation is 1. The van der Waals surface area contributed by atoms with Crippen LogP contribution >= 0.6 is 11.3 Å². The van der Waals surface area contributed by atoms with Gasteiger partial charge in [0, 0.05) is 11.9 Å². The second kappa shape index (κ2) is 7.99. The van der Waals surface area contributed by atoms with Crippen molar-refractivity contribution in [1.82, 2.24) is 10.3 Å². The number of rotatable bonds is 8. The number of nitrogens with one attached hydrogen (secondary N) is 1. The van der Waals surface area contributed by atoms with Gasteiger partial charge in [0.15, 0.2) is 11.5 Å². The maximum atomic E-state index is 5.83. The van der Waals surface area contributed by atoms with E-state index in [-0.39, 0.29) is 0 Å². The van der Waals surface area contributed by atoms with Gasteiger partial charge in [0.1, 0.15) is 12.4 Å². The highest BCUT2D eigenvalue weighted by atomic mass is 32.1. The van der Waals surface area contributed by atoms with E-state index in [0.29, 0.717) is 13.2 Å². The molecule has 0 amide bonds. The Morgan fingerprint density at radius 3 is 2.83 bits per heavy atom. The fourth-order valence-electron chi connectivity index (χ4n) is 2.31. The van der Waals surface area contributed by atoms with Crippen LogP contribution in [0.15, 0.2) is 46.4 Å². The molecule has 1 N–H and O–H groups in total. The van der Waals surface area contributed by atoms with Crippen molar-refractivity contribution >= 4 is 11.3 Å². The van der Waals surface area contributed by atoms with Crippen LogP contribution in [0.4, 0.5) is 0 Å². The van der Waals surface area contributed by atoms with E-state index in [4.69, 9.17) is 13.9 Å². The molecule has 5 nitrogen and oxygen atoms in total. The molecule has 3 rings (SSSR count). The van der Waals surface area contributed by atoms with Crippen molar-refractivity contribution in [2.24, 2.45) is 0 Å². The molecule has 0 aliphatic heterocycles. The van der Waals surface area contributed by atoms with Gasteiger partial charge in [-0.15, -0.1) is 11.3 Å². The summed E-state index contributed by atoms with van der Waals surface area (Å²) < 4.78 is 16.6. The van der Waals surface area contributed by atoms with E-state index in [1.165, 1.54) is 0 Å². The third-order valence-electron chi connectivity index (χ3n) is 3.48. The van der Waals surface area contributed by atoms with Gasteiger partial charge in [0.2, 0.25) is 0 Å². The number of ether oxygens (including phenoxy) is 2. The van der Waals surface area contributed by atoms with Gasteiger partial charge in [-0.3, -0.25) is 0 Å². The average Bonchev–Trinajstić information content (AvgIpc) is 3.25. The molecule has 3 aromatic rings. The molecular weight excluding hydrogens is 324 g/mol. The summed E-state index contributed by atoms with van der Waals surface area (Å²) in [7, 11) is 1.65. The molecule has 2 heterocycles. The zero-order valence-electron chi connectivity index (χ0n) is 13.7. The number of hydrogen-bond acceptors (Lipinski definition) is 6. The first kappa shape index (κ1) is 16.5. The van der Waals surface area contributed by atoms with Gasteiger partial charge in [-0.2, -0.15) is 0 Å². The fraction of sp³-hybridized carbons (Fsp3) is 0.278. The third kappa shape index (κ3) is 4.37. The second-order valence-corrected chi connectivity index (χ2v) is 6.38. The summed E-state index contributed by atoms with van der Waals surface area (Å²) in [5, 5.41) is 6.39. The molecule has 0 unspecified atom stereocenters. The van der Waals surface area contributed by atoms with Gasteiger partial charge < -0.3 is 19.2 Å². The van der Waals surface area contributed by atoms with Crippen molar-refractivity contribution in [3.05, 3.63) is 64.0 Å². The maximum absolute atomic E-state index is 5.83. The smallest absolute Gasteiger partial charge is 0.161 e. The lowest BCUT2D eigenvalue weighted by Crippen LogP contribution is -2.12. The fourth-order valence-corrected chi connectivity index (χ4v) is 2.91. The molecule has 0 atom stereocenters. The van der Waals surface area contributed by atoms with Gasteiger partial charge in [0.05, 0.1) is 30.6 Å². The number of thiazole rings is 1. The molecule has 24 heavy (non-hydrogen) atoms. The minimum Gasteiger partial charge on any atom is -0.493 e. The Kier molecular flexibility index (Phi) is 5.51. The summed E-state index contributed by atoms with van der Waals surface area (Å²) in [6, 6.07) is 9.78. The van der Waals surface area contributed by atoms with Crippen LogP contribution in [0.25, 0.3) is 0 Å². The molecular formula is C18H20N2O3S. The molecule has 0 fully saturated rings. The van der Waals surface area contributed by atoms with Gasteiger partial charge in [-0.1, -0.05) is 6.07 Å². The second-order valence-electron chi connectivity index (χ2n) is 5.31. The van der Waals surface area contributed by atoms with Crippen LogP contribution in [0.2, 0.25) is 0 Å². The summed E-state index contributed by atoms with van der Waals surface area (Å²) in [6.45, 7) is 3.84. The van der Waals surface area contributed by atoms with E-state index in [1.54, 1.807) is 24.7 Å². The Bertz CT molecular complexity index is 768. The molecule has 6 heteroatoms. The van der Waals surface area contributed by atoms with Crippen LogP contribution in [0.5, 0.6) is 11.5 Å². The highest BCUT2D eigenvalue weighted by Crippen LogP contribution is 2.29. The highest BCUT2D eigenvalue weighted by Gasteiger charge is 2.08. The highest BCUT2D eigenvalue weighted by molar-refractivity contribution is 7.09. The van der Waals surface area contributed by atoms with Crippen LogP contribution < -0.4 is 14.8 Å². The van der Waals surface area contributed by atoms with Crippen LogP contribution in [0.3, 0.4) is 0 Å². The van der Waals surface area contributed by atoms with E-state index < -0.39 is 0 Å². The number of furan rings is 1. The Morgan fingerprint density at radius 2 is 2.12 bits per heavy atom. The van der Waals surface area contributed by atoms with E-state index >= 15 is 0 Å². The van der Waals surface area contributed by atoms with E-state index in [2.05, 4.69) is 10.3 Å². The van der Waals surface area contributed by atoms with Crippen molar-refractivity contribution in [2.45, 2.75) is 26.6 Å². The topological polar surface area (TPSA) is 56.5 Å². The summed E-state index contributed by atoms with van der Waals surface area (Å²) >= 11 is 1.62. The van der Waals surface area contributed by atoms with Crippen LogP contribution in [-0.2, 0) is 19.7 Å². The summed E-state index contributed by atoms with van der Waals surface area (Å²) in [4.78, 5) is 4.40. The molecule has 126 valence electrons. The van der Waals surface area contributed by atoms with Gasteiger partial charge >= 0.3 is 0 Å². The number of nitrogens with zero attached hydrogens (tertiary/aromatic N) is 1. The summed E-state index contributed by atoms with van der Waals surface area (Å²) in [5.41, 5.74) is 2.05. The standard InChI is InChI=1S/C18H20N2O3S/c1-13-20-15(12-24-13)11-23-17-6-5-14(8-18(17)21-2)9-19-10-16-4-3-7-22-16/h3-8,12,19H,9-11H2,1-2H3. The number of aromatic nitrogens is 1. The Hall–Kier alpha value is -2.31. The predicted octanol–water partition coefficient (Wildman–Crippen LogP) is 3.92. The zero-order chi connectivity index (χ0) is 16.8. The Balaban J connectivity index is 1.57. The number of hydrogen-bond donors (Lipinski definition) is 1. The Morgan fingerprint density at radius 1 is 1.21 bits per heavy atom. The first-order valence-corrected chi connectivity index (χ1v) is 8.56. The predicted molar refractivity (Wildman–Crippen MR) is 93.4 cm³/mol. The number of benzene rings is 1. The van der Waals surface area contributed by atoms with E-state index in [0.717, 1.165) is 40.1 Å². The van der Waals surface area contributed by atoms with Gasteiger partial charge in [-0.25, -0.2) is 4.98 Å². The van der Waals surface area contributed by atoms with Crippen molar-refractivity contribution in [3.63, 3.8) is 0 Å². The third-order valence-corrected chi connectivity index (χ3v) is 4.30. The maximum Gasteiger partial charge on any atom is 0.161 e. The van der Waals surface area contributed by atoms with Gasteiger partial charge in [0.25, 0.3) is 0 Å². The van der Waals surface area contributed by atoms with E-state index in [1.807, 2.05) is 42.6 Å². The molecule has 0 bridgehead atoms. The van der Waals surface area contributed by atoms with Gasteiger partial charge in [-0.05, 0) is 36.8 Å². The normalized spacial score (nSPS) is 10.8. The van der Waals surface area contributed by atoms with Crippen LogP contribution in [-0.4, -0.2) is 12.1 Å². The molecule has 0 radical (unpaired) electrons. The average molecular weight is 344 g/mol. The minimum atomic E-state index is 0.441. The zero-order valence-corrected chi connectivity index (χ0v) is 14.6. The quantitative estimate of drug-likeness (QED) is 0.671. The summed E-state index contributed by atoms with van der Waals surface area (Å²) in [5.74, 6) is 2.36. The lowest BCUT2D eigenvalue weighted by molar-refractivity contribution is 0.281. The monoisotopic (exact) mass is 344 g/mol. The van der Waals surface area contributed by atoms with Crippen LogP contribution in [0.1, 0.15) is 22.0 Å². The minimum absolute atomic E-state index is 0.441. The molecule has 1 aromatic carbocycles. The number of methoxy groups -OCH3 is 1. The molecule has 0 aliphatic rings. The molecule has 0 saturated heterocycles. The van der Waals surface area contributed by atoms with Crippen molar-refractivity contribution in [2.75, 3.05) is 7.11 Å². The van der Waals surface area contributed by atoms with Crippen molar-refractivity contribution < 1.29 is 13.9 Å².